The van der Waals surface area contributed by atoms with Crippen LogP contribution in [0.2, 0.25) is 0 Å². The summed E-state index contributed by atoms with van der Waals surface area (Å²) in [6.45, 7) is 2.64. The largest absolute Gasteiger partial charge is 0.383 e. The van der Waals surface area contributed by atoms with Crippen molar-refractivity contribution in [3.8, 4) is 0 Å². The number of sulfone groups is 1. The zero-order valence-corrected chi connectivity index (χ0v) is 13.2. The van der Waals surface area contributed by atoms with Crippen LogP contribution in [0.3, 0.4) is 0 Å². The Kier molecular flexibility index (Phi) is 4.77. The van der Waals surface area contributed by atoms with Gasteiger partial charge in [-0.15, -0.1) is 0 Å². The highest BCUT2D eigenvalue weighted by molar-refractivity contribution is 7.91. The van der Waals surface area contributed by atoms with Crippen molar-refractivity contribution < 1.29 is 17.9 Å². The molecule has 0 aliphatic carbocycles. The molecule has 0 saturated carbocycles. The van der Waals surface area contributed by atoms with E-state index in [9.17, 15) is 13.2 Å². The number of hydrogen-bond acceptors (Lipinski definition) is 6. The standard InChI is InChI=1S/C12H18N2O4S2/c1-9-7-11(13-19-9)12(15)14(4-5-18-2)10-3-6-20(16,17)8-10/h7,10H,3-6,8H2,1-2H3. The Labute approximate surface area is 122 Å². The molecule has 0 radical (unpaired) electrons. The highest BCUT2D eigenvalue weighted by Crippen LogP contribution is 2.20. The first-order chi connectivity index (χ1) is 9.43. The van der Waals surface area contributed by atoms with E-state index in [4.69, 9.17) is 4.74 Å². The SMILES string of the molecule is COCCN(C(=O)c1cc(C)sn1)C1CCS(=O)(=O)C1. The van der Waals surface area contributed by atoms with Gasteiger partial charge in [0.15, 0.2) is 9.84 Å². The predicted molar refractivity (Wildman–Crippen MR) is 76.8 cm³/mol. The minimum absolute atomic E-state index is 0.0333. The van der Waals surface area contributed by atoms with E-state index in [1.54, 1.807) is 18.1 Å². The Morgan fingerprint density at radius 3 is 2.85 bits per heavy atom. The quantitative estimate of drug-likeness (QED) is 0.800. The monoisotopic (exact) mass is 318 g/mol. The number of methoxy groups -OCH3 is 1. The fraction of sp³-hybridized carbons (Fsp3) is 0.667. The summed E-state index contributed by atoms with van der Waals surface area (Å²) in [6.07, 6.45) is 0.487. The molecule has 0 spiro atoms. The molecule has 1 saturated heterocycles. The zero-order valence-electron chi connectivity index (χ0n) is 11.5. The van der Waals surface area contributed by atoms with Crippen LogP contribution in [0.4, 0.5) is 0 Å². The Morgan fingerprint density at radius 1 is 1.60 bits per heavy atom. The Balaban J connectivity index is 2.17. The van der Waals surface area contributed by atoms with Crippen LogP contribution in [0.1, 0.15) is 21.8 Å². The van der Waals surface area contributed by atoms with Gasteiger partial charge in [0.05, 0.1) is 18.1 Å². The minimum Gasteiger partial charge on any atom is -0.383 e. The first-order valence-electron chi connectivity index (χ1n) is 6.36. The number of aromatic nitrogens is 1. The second kappa shape index (κ2) is 6.19. The maximum absolute atomic E-state index is 12.5. The number of hydrogen-bond donors (Lipinski definition) is 0. The predicted octanol–water partition coefficient (Wildman–Crippen LogP) is 0.727. The molecule has 1 unspecified atom stereocenters. The minimum atomic E-state index is -3.03. The lowest BCUT2D eigenvalue weighted by Crippen LogP contribution is -2.43. The maximum Gasteiger partial charge on any atom is 0.273 e. The second-order valence-electron chi connectivity index (χ2n) is 4.87. The summed E-state index contributed by atoms with van der Waals surface area (Å²) in [6, 6.07) is 1.46. The molecule has 8 heteroatoms. The summed E-state index contributed by atoms with van der Waals surface area (Å²) in [7, 11) is -1.47. The molecular weight excluding hydrogens is 300 g/mol. The molecule has 2 heterocycles. The molecule has 1 aliphatic rings. The molecule has 1 amide bonds. The van der Waals surface area contributed by atoms with E-state index < -0.39 is 9.84 Å². The van der Waals surface area contributed by atoms with Gasteiger partial charge < -0.3 is 9.64 Å². The van der Waals surface area contributed by atoms with Crippen LogP contribution in [0, 0.1) is 6.92 Å². The third kappa shape index (κ3) is 3.56. The number of carbonyl (C=O) groups is 1. The smallest absolute Gasteiger partial charge is 0.273 e. The van der Waals surface area contributed by atoms with E-state index in [0.29, 0.717) is 25.3 Å². The van der Waals surface area contributed by atoms with Crippen molar-refractivity contribution in [1.29, 1.82) is 0 Å². The molecule has 112 valence electrons. The molecular formula is C12H18N2O4S2. The van der Waals surface area contributed by atoms with Crippen molar-refractivity contribution in [2.75, 3.05) is 31.8 Å². The molecule has 0 aromatic carbocycles. The molecule has 1 atom stereocenters. The van der Waals surface area contributed by atoms with E-state index in [-0.39, 0.29) is 23.5 Å². The summed E-state index contributed by atoms with van der Waals surface area (Å²) in [4.78, 5) is 15.0. The van der Waals surface area contributed by atoms with E-state index in [0.717, 1.165) is 4.88 Å². The van der Waals surface area contributed by atoms with Crippen LogP contribution in [-0.4, -0.2) is 61.4 Å². The van der Waals surface area contributed by atoms with Gasteiger partial charge in [-0.05, 0) is 30.9 Å². The van der Waals surface area contributed by atoms with Crippen LogP contribution < -0.4 is 0 Å². The Hall–Kier alpha value is -0.990. The summed E-state index contributed by atoms with van der Waals surface area (Å²) >= 11 is 1.27. The first-order valence-corrected chi connectivity index (χ1v) is 8.96. The molecule has 0 N–H and O–H groups in total. The zero-order chi connectivity index (χ0) is 14.8. The van der Waals surface area contributed by atoms with Crippen molar-refractivity contribution in [3.05, 3.63) is 16.6 Å². The van der Waals surface area contributed by atoms with Crippen LogP contribution in [-0.2, 0) is 14.6 Å². The lowest BCUT2D eigenvalue weighted by Gasteiger charge is -2.27. The topological polar surface area (TPSA) is 76.6 Å². The Bertz CT molecular complexity index is 582. The van der Waals surface area contributed by atoms with E-state index in [1.807, 2.05) is 6.92 Å². The van der Waals surface area contributed by atoms with Crippen LogP contribution in [0.15, 0.2) is 6.07 Å². The van der Waals surface area contributed by atoms with Gasteiger partial charge in [0.2, 0.25) is 0 Å². The van der Waals surface area contributed by atoms with Gasteiger partial charge in [0.25, 0.3) is 5.91 Å². The third-order valence-electron chi connectivity index (χ3n) is 3.29. The summed E-state index contributed by atoms with van der Waals surface area (Å²) in [5.41, 5.74) is 0.382. The fourth-order valence-electron chi connectivity index (χ4n) is 2.28. The highest BCUT2D eigenvalue weighted by Gasteiger charge is 2.35. The Morgan fingerprint density at radius 2 is 2.35 bits per heavy atom. The van der Waals surface area contributed by atoms with Crippen molar-refractivity contribution >= 4 is 27.3 Å². The lowest BCUT2D eigenvalue weighted by molar-refractivity contribution is 0.0620. The fourth-order valence-corrected chi connectivity index (χ4v) is 4.54. The average Bonchev–Trinajstić information content (AvgIpc) is 2.96. The van der Waals surface area contributed by atoms with E-state index >= 15 is 0 Å². The average molecular weight is 318 g/mol. The maximum atomic E-state index is 12.5. The summed E-state index contributed by atoms with van der Waals surface area (Å²) < 4.78 is 32.3. The molecule has 6 nitrogen and oxygen atoms in total. The van der Waals surface area contributed by atoms with Gasteiger partial charge in [-0.2, -0.15) is 4.37 Å². The number of aryl methyl sites for hydroxylation is 1. The summed E-state index contributed by atoms with van der Waals surface area (Å²) in [5, 5.41) is 0. The van der Waals surface area contributed by atoms with Gasteiger partial charge in [0, 0.05) is 24.6 Å². The van der Waals surface area contributed by atoms with Crippen LogP contribution in [0.25, 0.3) is 0 Å². The molecule has 1 aliphatic heterocycles. The number of carbonyl (C=O) groups excluding carboxylic acids is 1. The lowest BCUT2D eigenvalue weighted by atomic mass is 10.2. The van der Waals surface area contributed by atoms with Crippen LogP contribution in [0.5, 0.6) is 0 Å². The third-order valence-corrected chi connectivity index (χ3v) is 5.74. The number of nitrogens with zero attached hydrogens (tertiary/aromatic N) is 2. The first kappa shape index (κ1) is 15.4. The summed E-state index contributed by atoms with van der Waals surface area (Å²) in [5.74, 6) is -0.0377. The van der Waals surface area contributed by atoms with Gasteiger partial charge in [-0.25, -0.2) is 8.42 Å². The van der Waals surface area contributed by atoms with Gasteiger partial charge in [-0.3, -0.25) is 4.79 Å². The molecule has 20 heavy (non-hydrogen) atoms. The molecule has 1 aromatic rings. The van der Waals surface area contributed by atoms with E-state index in [2.05, 4.69) is 4.37 Å². The van der Waals surface area contributed by atoms with Crippen LogP contribution >= 0.6 is 11.5 Å². The van der Waals surface area contributed by atoms with Crippen molar-refractivity contribution in [2.24, 2.45) is 0 Å². The van der Waals surface area contributed by atoms with Crippen molar-refractivity contribution in [3.63, 3.8) is 0 Å². The highest BCUT2D eigenvalue weighted by atomic mass is 32.2. The van der Waals surface area contributed by atoms with Crippen molar-refractivity contribution in [1.82, 2.24) is 9.27 Å². The molecule has 1 aromatic heterocycles. The number of rotatable bonds is 5. The number of amides is 1. The second-order valence-corrected chi connectivity index (χ2v) is 8.11. The van der Waals surface area contributed by atoms with Gasteiger partial charge in [-0.1, -0.05) is 0 Å². The normalized spacial score (nSPS) is 21.0. The van der Waals surface area contributed by atoms with E-state index in [1.165, 1.54) is 11.5 Å². The molecule has 0 bridgehead atoms. The van der Waals surface area contributed by atoms with Gasteiger partial charge in [0.1, 0.15) is 5.69 Å². The van der Waals surface area contributed by atoms with Crippen molar-refractivity contribution in [2.45, 2.75) is 19.4 Å². The van der Waals surface area contributed by atoms with Gasteiger partial charge >= 0.3 is 0 Å². The number of ether oxygens (including phenoxy) is 1. The molecule has 1 fully saturated rings. The molecule has 2 rings (SSSR count).